The van der Waals surface area contributed by atoms with Crippen LogP contribution in [0, 0.1) is 6.92 Å². The number of benzene rings is 1. The fourth-order valence-corrected chi connectivity index (χ4v) is 5.18. The lowest BCUT2D eigenvalue weighted by molar-refractivity contribution is 0.0827. The largest absolute Gasteiger partial charge is 0.397 e. The third kappa shape index (κ3) is 9.19. The maximum atomic E-state index is 14.3. The van der Waals surface area contributed by atoms with Gasteiger partial charge in [-0.05, 0) is 87.6 Å². The molecule has 0 radical (unpaired) electrons. The highest BCUT2D eigenvalue weighted by atomic mass is 19.1. The van der Waals surface area contributed by atoms with Crippen molar-refractivity contribution in [2.24, 2.45) is 5.73 Å². The second kappa shape index (κ2) is 17.0. The molecule has 2 aliphatic rings. The van der Waals surface area contributed by atoms with Crippen LogP contribution in [-0.2, 0) is 4.74 Å². The van der Waals surface area contributed by atoms with Crippen LogP contribution < -0.4 is 11.1 Å². The van der Waals surface area contributed by atoms with Crippen molar-refractivity contribution in [3.8, 4) is 0 Å². The lowest BCUT2D eigenvalue weighted by Gasteiger charge is -2.34. The van der Waals surface area contributed by atoms with Crippen molar-refractivity contribution in [1.82, 2.24) is 20.0 Å². The minimum absolute atomic E-state index is 0.0228. The van der Waals surface area contributed by atoms with Gasteiger partial charge in [0.15, 0.2) is 5.83 Å². The first-order valence-corrected chi connectivity index (χ1v) is 15.5. The van der Waals surface area contributed by atoms with Crippen molar-refractivity contribution in [3.05, 3.63) is 100.0 Å². The Labute approximate surface area is 265 Å². The molecule has 242 valence electrons. The highest BCUT2D eigenvalue weighted by Crippen LogP contribution is 2.29. The standard InChI is InChI=1S/C34H48FN5O2.C2H6/c1-22(21-30-25(4)39(8)17-15-32(30)37-16-12-31(36)33(35)26(5)42-9)24(3)40-18-13-27(14-19-40)29-11-10-28(20-23(29)2)34(41)38(6)7;1-2/h10-13,15-17,20-21,24-26,37H,14,18-19,36H2,1-9H3;1-2H3/b16-12-,22-21+,33-31-;. The molecule has 3 unspecified atom stereocenters. The number of nitrogens with two attached hydrogens (primary N) is 1. The number of amides is 1. The van der Waals surface area contributed by atoms with E-state index in [1.165, 1.54) is 29.9 Å². The van der Waals surface area contributed by atoms with Crippen molar-refractivity contribution in [1.29, 1.82) is 0 Å². The molecule has 0 aromatic heterocycles. The van der Waals surface area contributed by atoms with Crippen LogP contribution in [0.3, 0.4) is 0 Å². The SMILES string of the molecule is CC.COC(C)/C(F)=C(N)\C=C/NC1=C(/C=C(\C)C(C)N2CC=C(c3ccc(C(=O)N(C)C)cc3C)CC2)C(C)N(C)C=C1. The van der Waals surface area contributed by atoms with Gasteiger partial charge in [0.05, 0.1) is 11.7 Å². The Morgan fingerprint density at radius 3 is 2.50 bits per heavy atom. The van der Waals surface area contributed by atoms with Gasteiger partial charge in [0.25, 0.3) is 5.91 Å². The summed E-state index contributed by atoms with van der Waals surface area (Å²) in [6.45, 7) is 16.1. The van der Waals surface area contributed by atoms with Gasteiger partial charge < -0.3 is 25.6 Å². The summed E-state index contributed by atoms with van der Waals surface area (Å²) in [7, 11) is 7.06. The Morgan fingerprint density at radius 2 is 1.93 bits per heavy atom. The van der Waals surface area contributed by atoms with E-state index >= 15 is 0 Å². The number of carbonyl (C=O) groups is 1. The number of ether oxygens (including phenoxy) is 1. The van der Waals surface area contributed by atoms with Crippen LogP contribution in [0.15, 0.2) is 83.3 Å². The zero-order valence-corrected chi connectivity index (χ0v) is 28.7. The maximum Gasteiger partial charge on any atom is 0.253 e. The van der Waals surface area contributed by atoms with E-state index in [1.54, 1.807) is 32.1 Å². The molecule has 0 fully saturated rings. The Kier molecular flexibility index (Phi) is 14.1. The number of aryl methyl sites for hydroxylation is 1. The van der Waals surface area contributed by atoms with Gasteiger partial charge in [0.1, 0.15) is 6.10 Å². The molecule has 0 saturated heterocycles. The Bertz CT molecular complexity index is 1340. The van der Waals surface area contributed by atoms with E-state index < -0.39 is 11.9 Å². The number of rotatable bonds is 10. The number of hydrogen-bond acceptors (Lipinski definition) is 6. The van der Waals surface area contributed by atoms with E-state index in [1.807, 2.05) is 38.3 Å². The fourth-order valence-electron chi connectivity index (χ4n) is 5.18. The molecule has 7 nitrogen and oxygen atoms in total. The van der Waals surface area contributed by atoms with Crippen LogP contribution in [0.4, 0.5) is 4.39 Å². The van der Waals surface area contributed by atoms with Crippen molar-refractivity contribution in [2.45, 2.75) is 73.1 Å². The fraction of sp³-hybridized carbons (Fsp3) is 0.472. The molecule has 1 aromatic rings. The molecule has 1 amide bonds. The molecule has 0 bridgehead atoms. The number of nitrogens with one attached hydrogen (secondary N) is 1. The molecule has 3 N–H and O–H groups in total. The Hall–Kier alpha value is -3.62. The van der Waals surface area contributed by atoms with Crippen molar-refractivity contribution >= 4 is 11.5 Å². The number of methoxy groups -OCH3 is 1. The van der Waals surface area contributed by atoms with E-state index in [4.69, 9.17) is 10.5 Å². The van der Waals surface area contributed by atoms with Crippen LogP contribution in [-0.4, -0.2) is 80.1 Å². The number of hydrogen-bond donors (Lipinski definition) is 2. The summed E-state index contributed by atoms with van der Waals surface area (Å²) in [5.74, 6) is -0.471. The molecular weight excluding hydrogens is 553 g/mol. The summed E-state index contributed by atoms with van der Waals surface area (Å²) >= 11 is 0. The number of allylic oxidation sites excluding steroid dienone is 2. The van der Waals surface area contributed by atoms with E-state index in [0.29, 0.717) is 0 Å². The summed E-state index contributed by atoms with van der Waals surface area (Å²) in [4.78, 5) is 18.6. The van der Waals surface area contributed by atoms with Crippen LogP contribution in [0.1, 0.15) is 69.4 Å². The molecule has 3 rings (SSSR count). The van der Waals surface area contributed by atoms with Gasteiger partial charge in [-0.25, -0.2) is 4.39 Å². The molecule has 2 heterocycles. The van der Waals surface area contributed by atoms with Gasteiger partial charge in [0, 0.05) is 71.0 Å². The Balaban J connectivity index is 0.00000330. The van der Waals surface area contributed by atoms with Crippen LogP contribution in [0.5, 0.6) is 0 Å². The molecule has 0 spiro atoms. The number of carbonyl (C=O) groups excluding carboxylic acids is 1. The van der Waals surface area contributed by atoms with Crippen LogP contribution >= 0.6 is 0 Å². The molecule has 0 aliphatic carbocycles. The van der Waals surface area contributed by atoms with Gasteiger partial charge in [-0.1, -0.05) is 37.6 Å². The normalized spacial score (nSPS) is 19.6. The van der Waals surface area contributed by atoms with Gasteiger partial charge >= 0.3 is 0 Å². The molecule has 2 aliphatic heterocycles. The summed E-state index contributed by atoms with van der Waals surface area (Å²) < 4.78 is 19.3. The Morgan fingerprint density at radius 1 is 1.25 bits per heavy atom. The van der Waals surface area contributed by atoms with Crippen molar-refractivity contribution in [2.75, 3.05) is 41.3 Å². The smallest absolute Gasteiger partial charge is 0.253 e. The monoisotopic (exact) mass is 607 g/mol. The average Bonchev–Trinajstić information content (AvgIpc) is 3.03. The number of likely N-dealkylation sites (N-methyl/N-ethyl adjacent to an activating group) is 1. The summed E-state index contributed by atoms with van der Waals surface area (Å²) in [6, 6.07) is 6.42. The van der Waals surface area contributed by atoms with Gasteiger partial charge in [-0.2, -0.15) is 0 Å². The summed E-state index contributed by atoms with van der Waals surface area (Å²) in [5.41, 5.74) is 13.7. The quantitative estimate of drug-likeness (QED) is 0.295. The third-order valence-electron chi connectivity index (χ3n) is 8.39. The highest BCUT2D eigenvalue weighted by molar-refractivity contribution is 5.94. The molecule has 0 saturated carbocycles. The minimum Gasteiger partial charge on any atom is -0.397 e. The predicted octanol–water partition coefficient (Wildman–Crippen LogP) is 6.53. The average molecular weight is 608 g/mol. The zero-order chi connectivity index (χ0) is 33.1. The number of nitrogens with zero attached hydrogens (tertiary/aromatic N) is 3. The lowest BCUT2D eigenvalue weighted by Crippen LogP contribution is -2.37. The van der Waals surface area contributed by atoms with Gasteiger partial charge in [0.2, 0.25) is 0 Å². The molecular formula is C36H54FN5O2. The molecule has 8 heteroatoms. The minimum atomic E-state index is -0.691. The first-order valence-electron chi connectivity index (χ1n) is 15.5. The van der Waals surface area contributed by atoms with E-state index in [2.05, 4.69) is 68.1 Å². The molecule has 1 aromatic carbocycles. The van der Waals surface area contributed by atoms with Gasteiger partial charge in [-0.3, -0.25) is 9.69 Å². The van der Waals surface area contributed by atoms with Crippen molar-refractivity contribution < 1.29 is 13.9 Å². The third-order valence-corrected chi connectivity index (χ3v) is 8.39. The lowest BCUT2D eigenvalue weighted by atomic mass is 9.92. The second-order valence-corrected chi connectivity index (χ2v) is 11.5. The summed E-state index contributed by atoms with van der Waals surface area (Å²) in [6.07, 6.45) is 12.1. The van der Waals surface area contributed by atoms with Gasteiger partial charge in [-0.15, -0.1) is 0 Å². The maximum absolute atomic E-state index is 14.3. The first kappa shape index (κ1) is 36.6. The van der Waals surface area contributed by atoms with Crippen LogP contribution in [0.2, 0.25) is 0 Å². The number of halogens is 1. The molecule has 3 atom stereocenters. The molecule has 44 heavy (non-hydrogen) atoms. The topological polar surface area (TPSA) is 74.1 Å². The highest BCUT2D eigenvalue weighted by Gasteiger charge is 2.23. The van der Waals surface area contributed by atoms with E-state index in [0.717, 1.165) is 41.9 Å². The van der Waals surface area contributed by atoms with Crippen LogP contribution in [0.25, 0.3) is 5.57 Å². The zero-order valence-electron chi connectivity index (χ0n) is 28.7. The predicted molar refractivity (Wildman–Crippen MR) is 182 cm³/mol. The second-order valence-electron chi connectivity index (χ2n) is 11.5. The van der Waals surface area contributed by atoms with E-state index in [-0.39, 0.29) is 23.7 Å². The van der Waals surface area contributed by atoms with E-state index in [9.17, 15) is 9.18 Å². The first-order chi connectivity index (χ1) is 20.8. The summed E-state index contributed by atoms with van der Waals surface area (Å²) in [5, 5.41) is 3.31. The van der Waals surface area contributed by atoms with Crippen molar-refractivity contribution in [3.63, 3.8) is 0 Å².